The van der Waals surface area contributed by atoms with Crippen LogP contribution in [0.25, 0.3) is 5.00 Å². The molecule has 1 aliphatic rings. The number of carbonyl (C=O) groups is 3. The number of anilines is 1. The Kier molecular flexibility index (Phi) is 7.47. The van der Waals surface area contributed by atoms with Crippen LogP contribution in [0.2, 0.25) is 0 Å². The first kappa shape index (κ1) is 27.1. The third-order valence-electron chi connectivity index (χ3n) is 6.56. The lowest BCUT2D eigenvalue weighted by atomic mass is 9.92. The van der Waals surface area contributed by atoms with Gasteiger partial charge < -0.3 is 14.7 Å². The Labute approximate surface area is 222 Å². The second-order valence-corrected chi connectivity index (χ2v) is 10.2. The van der Waals surface area contributed by atoms with E-state index < -0.39 is 29.5 Å². The number of rotatable bonds is 7. The molecule has 38 heavy (non-hydrogen) atoms. The Morgan fingerprint density at radius 2 is 1.87 bits per heavy atom. The van der Waals surface area contributed by atoms with Gasteiger partial charge in [-0.2, -0.15) is 10.2 Å². The second kappa shape index (κ2) is 10.5. The van der Waals surface area contributed by atoms with Crippen molar-refractivity contribution in [1.82, 2.24) is 19.9 Å². The third-order valence-corrected chi connectivity index (χ3v) is 7.84. The van der Waals surface area contributed by atoms with Gasteiger partial charge in [0.1, 0.15) is 27.7 Å². The van der Waals surface area contributed by atoms with Gasteiger partial charge in [0.15, 0.2) is 0 Å². The van der Waals surface area contributed by atoms with E-state index in [1.807, 2.05) is 13.8 Å². The highest BCUT2D eigenvalue weighted by Crippen LogP contribution is 2.44. The molecule has 0 fully saturated rings. The molecule has 1 atom stereocenters. The maximum atomic E-state index is 14.0. The van der Waals surface area contributed by atoms with Gasteiger partial charge in [-0.25, -0.2) is 4.39 Å². The van der Waals surface area contributed by atoms with E-state index in [0.717, 1.165) is 17.4 Å². The summed E-state index contributed by atoms with van der Waals surface area (Å²) in [6, 6.07) is 3.55. The number of amides is 2. The number of Topliss-reactive ketones (excluding diaryl/α,β-unsaturated/α-hetero) is 1. The number of ketones is 1. The van der Waals surface area contributed by atoms with Gasteiger partial charge in [-0.15, -0.1) is 4.80 Å². The number of thiophene rings is 1. The van der Waals surface area contributed by atoms with Gasteiger partial charge in [0.2, 0.25) is 11.7 Å². The molecule has 3 aromatic rings. The SMILES string of the molecule is COc1ccc(F)cc1[C@@H](O)CN1C(=O)/C(=C(/C)C(=O)N(C)C(C)C)C(=O)c2c1sc(-n1nccn1)c2C. The van der Waals surface area contributed by atoms with Crippen LogP contribution in [-0.4, -0.2) is 69.3 Å². The maximum Gasteiger partial charge on any atom is 0.263 e. The minimum Gasteiger partial charge on any atom is -0.496 e. The summed E-state index contributed by atoms with van der Waals surface area (Å²) in [5.74, 6) is -2.13. The van der Waals surface area contributed by atoms with Crippen LogP contribution in [0.4, 0.5) is 9.39 Å². The number of β-amino-alcohol motifs (C(OH)–C–C–N with tert-alkyl or cyclic N) is 1. The van der Waals surface area contributed by atoms with E-state index >= 15 is 0 Å². The first-order valence-electron chi connectivity index (χ1n) is 11.8. The van der Waals surface area contributed by atoms with Crippen molar-refractivity contribution in [2.45, 2.75) is 39.8 Å². The summed E-state index contributed by atoms with van der Waals surface area (Å²) < 4.78 is 19.3. The molecular weight excluding hydrogens is 513 g/mol. The Morgan fingerprint density at radius 1 is 1.21 bits per heavy atom. The van der Waals surface area contributed by atoms with Crippen LogP contribution in [0.5, 0.6) is 5.75 Å². The van der Waals surface area contributed by atoms with Crippen LogP contribution < -0.4 is 9.64 Å². The van der Waals surface area contributed by atoms with Gasteiger partial charge in [-0.1, -0.05) is 11.3 Å². The smallest absolute Gasteiger partial charge is 0.263 e. The van der Waals surface area contributed by atoms with Crippen molar-refractivity contribution in [2.75, 3.05) is 25.6 Å². The molecule has 0 aliphatic carbocycles. The fourth-order valence-corrected chi connectivity index (χ4v) is 5.47. The number of ether oxygens (including phenoxy) is 1. The van der Waals surface area contributed by atoms with Gasteiger partial charge in [0.25, 0.3) is 5.91 Å². The average Bonchev–Trinajstić information content (AvgIpc) is 3.53. The molecule has 1 N–H and O–H groups in total. The number of halogens is 1. The molecule has 3 heterocycles. The Bertz CT molecular complexity index is 1450. The monoisotopic (exact) mass is 541 g/mol. The van der Waals surface area contributed by atoms with E-state index in [9.17, 15) is 23.9 Å². The van der Waals surface area contributed by atoms with E-state index in [1.54, 1.807) is 14.0 Å². The molecule has 0 spiro atoms. The molecule has 0 unspecified atom stereocenters. The molecule has 4 rings (SSSR count). The van der Waals surface area contributed by atoms with Gasteiger partial charge >= 0.3 is 0 Å². The second-order valence-electron chi connectivity index (χ2n) is 9.19. The molecule has 200 valence electrons. The first-order valence-corrected chi connectivity index (χ1v) is 12.7. The Morgan fingerprint density at radius 3 is 2.47 bits per heavy atom. The molecule has 2 amide bonds. The summed E-state index contributed by atoms with van der Waals surface area (Å²) in [6.07, 6.45) is 1.60. The number of benzene rings is 1. The third kappa shape index (κ3) is 4.61. The molecular formula is C26H28FN5O5S. The molecule has 1 aromatic carbocycles. The number of hydrogen-bond donors (Lipinski definition) is 1. The molecule has 2 aromatic heterocycles. The summed E-state index contributed by atoms with van der Waals surface area (Å²) in [6.45, 7) is 6.47. The normalized spacial score (nSPS) is 15.6. The fourth-order valence-electron chi connectivity index (χ4n) is 4.24. The number of methoxy groups -OCH3 is 1. The molecule has 1 aliphatic heterocycles. The Hall–Kier alpha value is -3.90. The van der Waals surface area contributed by atoms with E-state index in [2.05, 4.69) is 10.2 Å². The zero-order valence-electron chi connectivity index (χ0n) is 21.9. The highest BCUT2D eigenvalue weighted by Gasteiger charge is 2.42. The Balaban J connectivity index is 1.88. The topological polar surface area (TPSA) is 118 Å². The van der Waals surface area contributed by atoms with Crippen molar-refractivity contribution in [1.29, 1.82) is 0 Å². The summed E-state index contributed by atoms with van der Waals surface area (Å²) in [5, 5.41) is 20.2. The van der Waals surface area contributed by atoms with Crippen LogP contribution in [0.15, 0.2) is 41.7 Å². The van der Waals surface area contributed by atoms with Gasteiger partial charge in [-0.05, 0) is 45.9 Å². The lowest BCUT2D eigenvalue weighted by molar-refractivity contribution is -0.127. The number of hydrogen-bond acceptors (Lipinski definition) is 8. The summed E-state index contributed by atoms with van der Waals surface area (Å²) in [4.78, 5) is 44.8. The highest BCUT2D eigenvalue weighted by molar-refractivity contribution is 7.19. The van der Waals surface area contributed by atoms with Crippen molar-refractivity contribution in [3.8, 4) is 10.8 Å². The molecule has 0 bridgehead atoms. The van der Waals surface area contributed by atoms with Gasteiger partial charge in [-0.3, -0.25) is 19.3 Å². The number of aromatic nitrogens is 3. The number of nitrogens with zero attached hydrogens (tertiary/aromatic N) is 5. The summed E-state index contributed by atoms with van der Waals surface area (Å²) in [7, 11) is 2.98. The zero-order chi connectivity index (χ0) is 27.9. The fraction of sp³-hybridized carbons (Fsp3) is 0.346. The van der Waals surface area contributed by atoms with Crippen LogP contribution >= 0.6 is 11.3 Å². The van der Waals surface area contributed by atoms with Gasteiger partial charge in [0, 0.05) is 29.8 Å². The average molecular weight is 542 g/mol. The first-order chi connectivity index (χ1) is 18.0. The predicted molar refractivity (Wildman–Crippen MR) is 139 cm³/mol. The molecule has 0 radical (unpaired) electrons. The molecule has 12 heteroatoms. The summed E-state index contributed by atoms with van der Waals surface area (Å²) in [5.41, 5.74) is 0.591. The van der Waals surface area contributed by atoms with E-state index in [-0.39, 0.29) is 45.6 Å². The van der Waals surface area contributed by atoms with Crippen molar-refractivity contribution >= 4 is 33.9 Å². The van der Waals surface area contributed by atoms with E-state index in [1.165, 1.54) is 53.2 Å². The number of fused-ring (bicyclic) bond motifs is 1. The highest BCUT2D eigenvalue weighted by atomic mass is 32.1. The lowest BCUT2D eigenvalue weighted by Crippen LogP contribution is -2.43. The van der Waals surface area contributed by atoms with Crippen molar-refractivity contribution < 1.29 is 28.6 Å². The van der Waals surface area contributed by atoms with Crippen LogP contribution in [0.3, 0.4) is 0 Å². The predicted octanol–water partition coefficient (Wildman–Crippen LogP) is 3.23. The van der Waals surface area contributed by atoms with E-state index in [4.69, 9.17) is 4.74 Å². The number of aliphatic hydroxyl groups excluding tert-OH is 1. The number of likely N-dealkylation sites (N-methyl/N-ethyl adjacent to an activating group) is 1. The van der Waals surface area contributed by atoms with Crippen molar-refractivity contribution in [3.63, 3.8) is 0 Å². The van der Waals surface area contributed by atoms with Crippen LogP contribution in [0, 0.1) is 12.7 Å². The largest absolute Gasteiger partial charge is 0.496 e. The summed E-state index contributed by atoms with van der Waals surface area (Å²) >= 11 is 1.11. The minimum atomic E-state index is -1.37. The lowest BCUT2D eigenvalue weighted by Gasteiger charge is -2.31. The van der Waals surface area contributed by atoms with Crippen LogP contribution in [0.1, 0.15) is 48.4 Å². The molecule has 0 saturated heterocycles. The quantitative estimate of drug-likeness (QED) is 0.360. The minimum absolute atomic E-state index is 0.00552. The van der Waals surface area contributed by atoms with Crippen LogP contribution in [-0.2, 0) is 9.59 Å². The standard InChI is InChI=1S/C26H28FN5O5S/c1-13(2)30(5)23(35)14(3)20-22(34)21-15(4)25(32-28-9-10-29-32)38-26(21)31(24(20)36)12-18(33)17-11-16(27)7-8-19(17)37-6/h7-11,13,18,33H,12H2,1-6H3/b20-14-/t18-/m0/s1. The zero-order valence-corrected chi connectivity index (χ0v) is 22.7. The van der Waals surface area contributed by atoms with E-state index in [0.29, 0.717) is 10.6 Å². The number of carbonyl (C=O) groups excluding carboxylic acids is 3. The molecule has 10 nitrogen and oxygen atoms in total. The number of aliphatic hydroxyl groups is 1. The van der Waals surface area contributed by atoms with Crippen molar-refractivity contribution in [3.05, 3.63) is 64.2 Å². The maximum absolute atomic E-state index is 14.0. The van der Waals surface area contributed by atoms with Crippen molar-refractivity contribution in [2.24, 2.45) is 0 Å². The van der Waals surface area contributed by atoms with Gasteiger partial charge in [0.05, 0.1) is 37.2 Å². The molecule has 0 saturated carbocycles.